The lowest BCUT2D eigenvalue weighted by Gasteiger charge is -2.42. The van der Waals surface area contributed by atoms with Crippen LogP contribution >= 0.6 is 11.6 Å². The third kappa shape index (κ3) is 6.66. The molecule has 4 heterocycles. The van der Waals surface area contributed by atoms with Crippen molar-refractivity contribution in [1.29, 1.82) is 5.26 Å². The van der Waals surface area contributed by atoms with E-state index in [0.717, 1.165) is 64.5 Å². The van der Waals surface area contributed by atoms with Gasteiger partial charge in [0.1, 0.15) is 12.4 Å². The number of carbonyl (C=O) groups excluding carboxylic acids is 1. The predicted molar refractivity (Wildman–Crippen MR) is 169 cm³/mol. The van der Waals surface area contributed by atoms with E-state index in [1.165, 1.54) is 6.42 Å². The second-order valence-electron chi connectivity index (χ2n) is 11.4. The molecule has 3 aliphatic rings. The lowest BCUT2D eigenvalue weighted by Crippen LogP contribution is -2.55. The van der Waals surface area contributed by atoms with Crippen molar-refractivity contribution in [3.8, 4) is 12.1 Å². The van der Waals surface area contributed by atoms with Gasteiger partial charge in [-0.3, -0.25) is 9.59 Å². The molecule has 2 aromatic carbocycles. The molecule has 0 unspecified atom stereocenters. The lowest BCUT2D eigenvalue weighted by molar-refractivity contribution is -0.131. The van der Waals surface area contributed by atoms with Gasteiger partial charge in [0.25, 0.3) is 6.47 Å². The van der Waals surface area contributed by atoms with Crippen LogP contribution in [0.3, 0.4) is 0 Å². The van der Waals surface area contributed by atoms with Crippen LogP contribution < -0.4 is 14.5 Å². The van der Waals surface area contributed by atoms with Crippen LogP contribution in [0.2, 0.25) is 5.02 Å². The van der Waals surface area contributed by atoms with E-state index in [1.54, 1.807) is 6.92 Å². The zero-order valence-corrected chi connectivity index (χ0v) is 25.9. The molecule has 0 bridgehead atoms. The van der Waals surface area contributed by atoms with Gasteiger partial charge >= 0.3 is 6.01 Å². The number of nitrogens with zero attached hydrogens (tertiary/aromatic N) is 7. The lowest BCUT2D eigenvalue weighted by atomic mass is 10.0. The number of halogens is 1. The normalized spacial score (nSPS) is 20.0. The Balaban J connectivity index is 0.00000123. The fraction of sp³-hybridized carbons (Fsp3) is 0.469. The monoisotopic (exact) mass is 619 g/mol. The first-order valence-corrected chi connectivity index (χ1v) is 15.3. The minimum Gasteiger partial charge on any atom is -0.483 e. The topological polar surface area (TPSA) is 126 Å². The highest BCUT2D eigenvalue weighted by atomic mass is 35.5. The molecule has 232 valence electrons. The van der Waals surface area contributed by atoms with Gasteiger partial charge < -0.3 is 29.4 Å². The van der Waals surface area contributed by atoms with Crippen LogP contribution in [-0.2, 0) is 22.6 Å². The number of aromatic nitrogens is 2. The van der Waals surface area contributed by atoms with Crippen molar-refractivity contribution in [3.63, 3.8) is 0 Å². The minimum absolute atomic E-state index is 0.00344. The minimum atomic E-state index is -0.250. The van der Waals surface area contributed by atoms with Crippen molar-refractivity contribution < 1.29 is 19.4 Å². The first-order valence-electron chi connectivity index (χ1n) is 15.0. The molecule has 44 heavy (non-hydrogen) atoms. The maximum Gasteiger partial charge on any atom is 0.318 e. The van der Waals surface area contributed by atoms with Gasteiger partial charge in [-0.2, -0.15) is 15.2 Å². The average molecular weight is 620 g/mol. The Kier molecular flexibility index (Phi) is 10.0. The Labute approximate surface area is 262 Å². The Morgan fingerprint density at radius 3 is 2.61 bits per heavy atom. The van der Waals surface area contributed by atoms with Crippen LogP contribution in [0.1, 0.15) is 37.4 Å². The zero-order valence-electron chi connectivity index (χ0n) is 25.2. The first kappa shape index (κ1) is 31.3. The molecule has 1 aromatic heterocycles. The van der Waals surface area contributed by atoms with Gasteiger partial charge in [0, 0.05) is 55.8 Å². The highest BCUT2D eigenvalue weighted by molar-refractivity contribution is 6.36. The molecular weight excluding hydrogens is 582 g/mol. The molecule has 3 aromatic rings. The second-order valence-corrected chi connectivity index (χ2v) is 11.8. The van der Waals surface area contributed by atoms with E-state index >= 15 is 0 Å². The molecule has 11 nitrogen and oxygen atoms in total. The molecule has 0 radical (unpaired) electrons. The second kappa shape index (κ2) is 14.1. The summed E-state index contributed by atoms with van der Waals surface area (Å²) >= 11 is 6.69. The van der Waals surface area contributed by atoms with Gasteiger partial charge in [-0.05, 0) is 50.4 Å². The number of nitriles is 1. The summed E-state index contributed by atoms with van der Waals surface area (Å²) in [4.78, 5) is 39.3. The number of likely N-dealkylation sites (tertiary alicyclic amines) is 1. The average Bonchev–Trinajstić information content (AvgIpc) is 3.44. The van der Waals surface area contributed by atoms with Crippen molar-refractivity contribution >= 4 is 46.3 Å². The Morgan fingerprint density at radius 2 is 1.91 bits per heavy atom. The molecule has 0 aliphatic carbocycles. The number of anilines is 2. The molecule has 0 saturated carbocycles. The zero-order chi connectivity index (χ0) is 31.2. The van der Waals surface area contributed by atoms with E-state index in [1.807, 2.05) is 17.0 Å². The largest absolute Gasteiger partial charge is 0.483 e. The van der Waals surface area contributed by atoms with Crippen LogP contribution in [0, 0.1) is 11.3 Å². The number of rotatable bonds is 6. The highest BCUT2D eigenvalue weighted by Gasteiger charge is 2.33. The van der Waals surface area contributed by atoms with Crippen molar-refractivity contribution in [2.75, 3.05) is 56.2 Å². The third-order valence-corrected chi connectivity index (χ3v) is 9.10. The number of likely N-dealkylation sites (N-methyl/N-ethyl adjacent to an activating group) is 1. The molecule has 1 N–H and O–H groups in total. The van der Waals surface area contributed by atoms with E-state index in [2.05, 4.69) is 52.1 Å². The maximum atomic E-state index is 12.3. The van der Waals surface area contributed by atoms with Crippen molar-refractivity contribution in [3.05, 3.63) is 52.7 Å². The molecule has 2 fully saturated rings. The number of amides is 1. The molecule has 0 spiro atoms. The van der Waals surface area contributed by atoms with Crippen molar-refractivity contribution in [1.82, 2.24) is 19.8 Å². The summed E-state index contributed by atoms with van der Waals surface area (Å²) in [6.45, 7) is 6.14. The molecule has 2 saturated heterocycles. The number of ether oxygens (including phenoxy) is 1. The van der Waals surface area contributed by atoms with Gasteiger partial charge in [-0.25, -0.2) is 0 Å². The van der Waals surface area contributed by atoms with Gasteiger partial charge in [0.15, 0.2) is 0 Å². The predicted octanol–water partition coefficient (Wildman–Crippen LogP) is 3.97. The summed E-state index contributed by atoms with van der Waals surface area (Å²) in [5, 5.41) is 19.3. The third-order valence-electron chi connectivity index (χ3n) is 8.79. The maximum absolute atomic E-state index is 12.3. The van der Waals surface area contributed by atoms with E-state index in [-0.39, 0.29) is 24.8 Å². The van der Waals surface area contributed by atoms with Crippen molar-refractivity contribution in [2.24, 2.45) is 0 Å². The first-order chi connectivity index (χ1) is 21.3. The number of hydrogen-bond donors (Lipinski definition) is 1. The summed E-state index contributed by atoms with van der Waals surface area (Å²) in [5.74, 6) is 0.871. The SMILES string of the molecule is CC(=O)N1CCN(c2nc(OC[C@@H]3CCCN3C)nc3c2CCN(c2cccc4cccc(Cl)c24)C3)C[C@@H]1CC#N.O=CO. The molecule has 3 aliphatic heterocycles. The van der Waals surface area contributed by atoms with Crippen LogP contribution in [0.25, 0.3) is 10.8 Å². The number of carbonyl (C=O) groups is 2. The number of hydrogen-bond acceptors (Lipinski definition) is 9. The highest BCUT2D eigenvalue weighted by Crippen LogP contribution is 2.37. The van der Waals surface area contributed by atoms with Gasteiger partial charge in [-0.1, -0.05) is 35.9 Å². The Hall–Kier alpha value is -4.14. The van der Waals surface area contributed by atoms with Crippen LogP contribution in [0.15, 0.2) is 36.4 Å². The molecule has 6 rings (SSSR count). The summed E-state index contributed by atoms with van der Waals surface area (Å²) in [6.07, 6.45) is 3.33. The van der Waals surface area contributed by atoms with Crippen LogP contribution in [0.5, 0.6) is 6.01 Å². The van der Waals surface area contributed by atoms with Crippen LogP contribution in [-0.4, -0.2) is 95.7 Å². The molecule has 12 heteroatoms. The molecular formula is C32H38ClN7O4. The fourth-order valence-electron chi connectivity index (χ4n) is 6.56. The number of fused-ring (bicyclic) bond motifs is 2. The molecule has 2 atom stereocenters. The molecule has 1 amide bonds. The summed E-state index contributed by atoms with van der Waals surface area (Å²) in [7, 11) is 2.14. The standard InChI is InChI=1S/C31H36ClN7O2.CH2O2/c1-21(40)39-17-16-38(18-23(39)11-13-33)30-25-12-15-37(28-10-4-7-22-6-3-9-26(32)29(22)28)19-27(25)34-31(35-30)41-20-24-8-5-14-36(24)2;2-1-3/h3-4,6-7,9-10,23-24H,5,8,11-12,14-20H2,1-2H3;1H,(H,2,3)/t23-,24-;/m0./s1. The number of benzene rings is 2. The number of piperazine rings is 1. The van der Waals surface area contributed by atoms with Gasteiger partial charge in [0.05, 0.1) is 35.8 Å². The van der Waals surface area contributed by atoms with Crippen molar-refractivity contribution in [2.45, 2.75) is 51.2 Å². The van der Waals surface area contributed by atoms with Gasteiger partial charge in [0.2, 0.25) is 5.91 Å². The smallest absolute Gasteiger partial charge is 0.318 e. The Bertz CT molecular complexity index is 1540. The number of carboxylic acid groups (broad SMARTS) is 1. The van der Waals surface area contributed by atoms with Crippen LogP contribution in [0.4, 0.5) is 11.5 Å². The van der Waals surface area contributed by atoms with Gasteiger partial charge in [-0.15, -0.1) is 0 Å². The van der Waals surface area contributed by atoms with E-state index in [4.69, 9.17) is 36.2 Å². The summed E-state index contributed by atoms with van der Waals surface area (Å²) < 4.78 is 6.27. The fourth-order valence-corrected chi connectivity index (χ4v) is 6.84. The summed E-state index contributed by atoms with van der Waals surface area (Å²) in [5.41, 5.74) is 3.16. The quantitative estimate of drug-likeness (QED) is 0.405. The Morgan fingerprint density at radius 1 is 1.14 bits per heavy atom. The van der Waals surface area contributed by atoms with E-state index in [9.17, 15) is 10.1 Å². The van der Waals surface area contributed by atoms with E-state index < -0.39 is 0 Å². The summed E-state index contributed by atoms with van der Waals surface area (Å²) in [6, 6.07) is 15.1. The van der Waals surface area contributed by atoms with E-state index in [0.29, 0.717) is 44.8 Å².